The average molecular weight is 239 g/mol. The van der Waals surface area contributed by atoms with E-state index in [0.29, 0.717) is 12.6 Å². The first kappa shape index (κ1) is 12.4. The number of likely N-dealkylation sites (tertiary alicyclic amines) is 1. The van der Waals surface area contributed by atoms with E-state index >= 15 is 0 Å². The summed E-state index contributed by atoms with van der Waals surface area (Å²) in [6.45, 7) is 2.80. The van der Waals surface area contributed by atoms with Crippen LogP contribution in [0.5, 0.6) is 0 Å². The van der Waals surface area contributed by atoms with Gasteiger partial charge >= 0.3 is 0 Å². The van der Waals surface area contributed by atoms with Crippen molar-refractivity contribution in [2.45, 2.75) is 50.7 Å². The van der Waals surface area contributed by atoms with Crippen LogP contribution < -0.4 is 10.6 Å². The third-order valence-corrected chi connectivity index (χ3v) is 3.76. The molecule has 96 valence electrons. The largest absolute Gasteiger partial charge is 0.357 e. The summed E-state index contributed by atoms with van der Waals surface area (Å²) in [5.41, 5.74) is 0. The minimum absolute atomic E-state index is 0.0399. The van der Waals surface area contributed by atoms with Gasteiger partial charge in [-0.05, 0) is 32.6 Å². The van der Waals surface area contributed by atoms with E-state index in [1.807, 2.05) is 0 Å². The maximum Gasteiger partial charge on any atom is 0.242 e. The first-order valence-electron chi connectivity index (χ1n) is 6.41. The van der Waals surface area contributed by atoms with Gasteiger partial charge in [-0.3, -0.25) is 9.59 Å². The van der Waals surface area contributed by atoms with Gasteiger partial charge in [-0.2, -0.15) is 0 Å². The van der Waals surface area contributed by atoms with Crippen molar-refractivity contribution in [3.05, 3.63) is 0 Å². The van der Waals surface area contributed by atoms with Crippen molar-refractivity contribution < 1.29 is 9.59 Å². The Kier molecular flexibility index (Phi) is 3.66. The SMILES string of the molecule is CNC(=O)C1CCCN1C(=O)C1CCC(C)N1. The minimum atomic E-state index is -0.259. The summed E-state index contributed by atoms with van der Waals surface area (Å²) in [4.78, 5) is 25.7. The molecule has 3 atom stereocenters. The lowest BCUT2D eigenvalue weighted by Crippen LogP contribution is -2.51. The van der Waals surface area contributed by atoms with Gasteiger partial charge in [-0.1, -0.05) is 0 Å². The molecule has 2 amide bonds. The fourth-order valence-corrected chi connectivity index (χ4v) is 2.79. The van der Waals surface area contributed by atoms with Crippen LogP contribution in [0.25, 0.3) is 0 Å². The van der Waals surface area contributed by atoms with Gasteiger partial charge < -0.3 is 15.5 Å². The van der Waals surface area contributed by atoms with E-state index in [1.54, 1.807) is 11.9 Å². The van der Waals surface area contributed by atoms with Crippen molar-refractivity contribution in [1.82, 2.24) is 15.5 Å². The lowest BCUT2D eigenvalue weighted by molar-refractivity contribution is -0.139. The summed E-state index contributed by atoms with van der Waals surface area (Å²) in [5.74, 6) is 0.0577. The number of carbonyl (C=O) groups is 2. The third-order valence-electron chi connectivity index (χ3n) is 3.76. The molecule has 17 heavy (non-hydrogen) atoms. The Labute approximate surface area is 102 Å². The molecule has 0 aliphatic carbocycles. The zero-order chi connectivity index (χ0) is 12.4. The van der Waals surface area contributed by atoms with Crippen LogP contribution in [0.1, 0.15) is 32.6 Å². The van der Waals surface area contributed by atoms with Gasteiger partial charge in [0.1, 0.15) is 6.04 Å². The van der Waals surface area contributed by atoms with E-state index in [2.05, 4.69) is 17.6 Å². The van der Waals surface area contributed by atoms with Crippen molar-refractivity contribution in [1.29, 1.82) is 0 Å². The number of likely N-dealkylation sites (N-methyl/N-ethyl adjacent to an activating group) is 1. The molecule has 2 aliphatic heterocycles. The molecule has 0 spiro atoms. The van der Waals surface area contributed by atoms with E-state index in [4.69, 9.17) is 0 Å². The third kappa shape index (κ3) is 2.44. The summed E-state index contributed by atoms with van der Waals surface area (Å²) < 4.78 is 0. The number of hydrogen-bond donors (Lipinski definition) is 2. The van der Waals surface area contributed by atoms with Crippen LogP contribution in [-0.2, 0) is 9.59 Å². The van der Waals surface area contributed by atoms with E-state index in [-0.39, 0.29) is 23.9 Å². The number of hydrogen-bond acceptors (Lipinski definition) is 3. The molecule has 5 nitrogen and oxygen atoms in total. The Balaban J connectivity index is 2.01. The number of nitrogens with one attached hydrogen (secondary N) is 2. The maximum absolute atomic E-state index is 12.3. The highest BCUT2D eigenvalue weighted by atomic mass is 16.2. The predicted molar refractivity (Wildman–Crippen MR) is 64.4 cm³/mol. The lowest BCUT2D eigenvalue weighted by Gasteiger charge is -2.26. The number of carbonyl (C=O) groups excluding carboxylic acids is 2. The molecule has 2 rings (SSSR count). The summed E-state index contributed by atoms with van der Waals surface area (Å²) in [5, 5.41) is 5.92. The van der Waals surface area contributed by atoms with E-state index in [9.17, 15) is 9.59 Å². The molecule has 2 saturated heterocycles. The van der Waals surface area contributed by atoms with Crippen LogP contribution in [0, 0.1) is 0 Å². The Bertz CT molecular complexity index is 319. The highest BCUT2D eigenvalue weighted by molar-refractivity contribution is 5.90. The highest BCUT2D eigenvalue weighted by Crippen LogP contribution is 2.21. The van der Waals surface area contributed by atoms with Crippen molar-refractivity contribution >= 4 is 11.8 Å². The Morgan fingerprint density at radius 3 is 2.65 bits per heavy atom. The quantitative estimate of drug-likeness (QED) is 0.705. The molecular formula is C12H21N3O2. The molecule has 0 saturated carbocycles. The molecule has 2 fully saturated rings. The second-order valence-electron chi connectivity index (χ2n) is 5.00. The topological polar surface area (TPSA) is 61.4 Å². The molecule has 0 aromatic heterocycles. The molecule has 0 bridgehead atoms. The van der Waals surface area contributed by atoms with Crippen molar-refractivity contribution in [3.8, 4) is 0 Å². The Morgan fingerprint density at radius 1 is 1.29 bits per heavy atom. The van der Waals surface area contributed by atoms with Gasteiger partial charge in [0.2, 0.25) is 11.8 Å². The van der Waals surface area contributed by atoms with Gasteiger partial charge in [0.05, 0.1) is 6.04 Å². The van der Waals surface area contributed by atoms with Gasteiger partial charge in [0.15, 0.2) is 0 Å². The summed E-state index contributed by atoms with van der Waals surface area (Å²) in [6, 6.07) is 0.0606. The Morgan fingerprint density at radius 2 is 2.06 bits per heavy atom. The average Bonchev–Trinajstić information content (AvgIpc) is 2.95. The predicted octanol–water partition coefficient (Wildman–Crippen LogP) is -0.136. The zero-order valence-corrected chi connectivity index (χ0v) is 10.5. The van der Waals surface area contributed by atoms with Crippen LogP contribution in [0.4, 0.5) is 0 Å². The van der Waals surface area contributed by atoms with Crippen molar-refractivity contribution in [2.24, 2.45) is 0 Å². The minimum Gasteiger partial charge on any atom is -0.357 e. The van der Waals surface area contributed by atoms with Crippen LogP contribution in [0.3, 0.4) is 0 Å². The summed E-state index contributed by atoms with van der Waals surface area (Å²) in [6.07, 6.45) is 3.63. The molecule has 5 heteroatoms. The van der Waals surface area contributed by atoms with Gasteiger partial charge in [0.25, 0.3) is 0 Å². The number of nitrogens with zero attached hydrogens (tertiary/aromatic N) is 1. The highest BCUT2D eigenvalue weighted by Gasteiger charge is 2.38. The van der Waals surface area contributed by atoms with Crippen LogP contribution in [-0.4, -0.2) is 48.4 Å². The van der Waals surface area contributed by atoms with Crippen LogP contribution in [0.15, 0.2) is 0 Å². The van der Waals surface area contributed by atoms with Crippen LogP contribution in [0.2, 0.25) is 0 Å². The first-order valence-corrected chi connectivity index (χ1v) is 6.41. The number of amides is 2. The van der Waals surface area contributed by atoms with E-state index < -0.39 is 0 Å². The molecule has 0 radical (unpaired) electrons. The molecule has 2 aliphatic rings. The maximum atomic E-state index is 12.3. The smallest absolute Gasteiger partial charge is 0.242 e. The standard InChI is InChI=1S/C12H21N3O2/c1-8-5-6-9(14-8)12(17)15-7-3-4-10(15)11(16)13-2/h8-10,14H,3-7H2,1-2H3,(H,13,16). The molecule has 0 aromatic rings. The first-order chi connectivity index (χ1) is 8.13. The fraction of sp³-hybridized carbons (Fsp3) is 0.833. The normalized spacial score (nSPS) is 32.8. The van der Waals surface area contributed by atoms with E-state index in [0.717, 1.165) is 25.7 Å². The zero-order valence-electron chi connectivity index (χ0n) is 10.5. The van der Waals surface area contributed by atoms with Crippen molar-refractivity contribution in [3.63, 3.8) is 0 Å². The molecule has 0 aromatic carbocycles. The molecule has 2 N–H and O–H groups in total. The van der Waals surface area contributed by atoms with Gasteiger partial charge in [-0.25, -0.2) is 0 Å². The van der Waals surface area contributed by atoms with Gasteiger partial charge in [-0.15, -0.1) is 0 Å². The lowest BCUT2D eigenvalue weighted by atomic mass is 10.1. The second-order valence-corrected chi connectivity index (χ2v) is 5.00. The second kappa shape index (κ2) is 5.04. The molecule has 3 unspecified atom stereocenters. The van der Waals surface area contributed by atoms with Crippen molar-refractivity contribution in [2.75, 3.05) is 13.6 Å². The monoisotopic (exact) mass is 239 g/mol. The summed E-state index contributed by atoms with van der Waals surface area (Å²) >= 11 is 0. The Hall–Kier alpha value is -1.10. The van der Waals surface area contributed by atoms with Gasteiger partial charge in [0, 0.05) is 19.6 Å². The fourth-order valence-electron chi connectivity index (χ4n) is 2.79. The molecule has 2 heterocycles. The molecular weight excluding hydrogens is 218 g/mol. The summed E-state index contributed by atoms with van der Waals surface area (Å²) in [7, 11) is 1.62. The van der Waals surface area contributed by atoms with E-state index in [1.165, 1.54) is 0 Å². The number of rotatable bonds is 2. The van der Waals surface area contributed by atoms with Crippen LogP contribution >= 0.6 is 0 Å².